The Kier molecular flexibility index (Phi) is 7.38. The minimum atomic E-state index is 0.00227. The smallest absolute Gasteiger partial charge is 0.224 e. The Balaban J connectivity index is 1.51. The number of hydrogen-bond acceptors (Lipinski definition) is 6. The third-order valence-electron chi connectivity index (χ3n) is 4.38. The summed E-state index contributed by atoms with van der Waals surface area (Å²) in [5.41, 5.74) is 0. The van der Waals surface area contributed by atoms with E-state index < -0.39 is 0 Å². The molecule has 0 spiro atoms. The highest BCUT2D eigenvalue weighted by atomic mass is 32.2. The van der Waals surface area contributed by atoms with Gasteiger partial charge in [-0.2, -0.15) is 11.8 Å². The molecule has 27 heavy (non-hydrogen) atoms. The molecule has 1 aliphatic heterocycles. The molecule has 0 saturated carbocycles. The lowest BCUT2D eigenvalue weighted by Crippen LogP contribution is -2.38. The first kappa shape index (κ1) is 20.4. The molecule has 2 aromatic rings. The fourth-order valence-electron chi connectivity index (χ4n) is 3.05. The minimum Gasteiger partial charge on any atom is -0.464 e. The Morgan fingerprint density at radius 2 is 1.96 bits per heavy atom. The van der Waals surface area contributed by atoms with Crippen molar-refractivity contribution in [2.45, 2.75) is 37.4 Å². The summed E-state index contributed by atoms with van der Waals surface area (Å²) in [5, 5.41) is 0.00227. The maximum atomic E-state index is 12.5. The third-order valence-corrected chi connectivity index (χ3v) is 6.58. The molecule has 0 radical (unpaired) electrons. The van der Waals surface area contributed by atoms with Crippen molar-refractivity contribution < 1.29 is 13.6 Å². The van der Waals surface area contributed by atoms with E-state index in [1.165, 1.54) is 0 Å². The van der Waals surface area contributed by atoms with Gasteiger partial charge in [-0.25, -0.2) is 0 Å². The summed E-state index contributed by atoms with van der Waals surface area (Å²) in [4.78, 5) is 16.5. The maximum Gasteiger partial charge on any atom is 0.224 e. The molecule has 1 fully saturated rings. The Morgan fingerprint density at radius 1 is 1.19 bits per heavy atom. The Labute approximate surface area is 169 Å². The second kappa shape index (κ2) is 9.75. The number of amides is 1. The molecule has 3 rings (SSSR count). The summed E-state index contributed by atoms with van der Waals surface area (Å²) in [6.45, 7) is 3.62. The number of aryl methyl sites for hydroxylation is 1. The maximum absolute atomic E-state index is 12.5. The summed E-state index contributed by atoms with van der Waals surface area (Å²) >= 11 is 3.59. The molecule has 0 aliphatic carbocycles. The Bertz CT molecular complexity index is 741. The molecule has 1 saturated heterocycles. The summed E-state index contributed by atoms with van der Waals surface area (Å²) in [6, 6.07) is 8.12. The van der Waals surface area contributed by atoms with Crippen LogP contribution in [0.25, 0.3) is 0 Å². The van der Waals surface area contributed by atoms with Crippen LogP contribution in [-0.2, 0) is 23.5 Å². The zero-order chi connectivity index (χ0) is 19.2. The van der Waals surface area contributed by atoms with E-state index in [1.54, 1.807) is 23.5 Å². The van der Waals surface area contributed by atoms with Crippen LogP contribution in [-0.4, -0.2) is 47.9 Å². The first-order valence-corrected chi connectivity index (χ1v) is 11.6. The summed E-state index contributed by atoms with van der Waals surface area (Å²) in [7, 11) is 4.06. The molecule has 1 amide bonds. The first-order valence-electron chi connectivity index (χ1n) is 9.36. The monoisotopic (exact) mass is 408 g/mol. The second-order valence-electron chi connectivity index (χ2n) is 6.88. The van der Waals surface area contributed by atoms with Crippen molar-refractivity contribution in [2.75, 3.05) is 32.1 Å². The largest absolute Gasteiger partial charge is 0.464 e. The minimum absolute atomic E-state index is 0.00227. The van der Waals surface area contributed by atoms with Crippen LogP contribution in [0.15, 0.2) is 33.1 Å². The van der Waals surface area contributed by atoms with Crippen molar-refractivity contribution in [3.05, 3.63) is 47.3 Å². The van der Waals surface area contributed by atoms with Gasteiger partial charge < -0.3 is 18.6 Å². The van der Waals surface area contributed by atoms with Crippen LogP contribution in [0.3, 0.4) is 0 Å². The molecular weight excluding hydrogens is 380 g/mol. The summed E-state index contributed by atoms with van der Waals surface area (Å²) in [5.74, 6) is 6.64. The van der Waals surface area contributed by atoms with E-state index in [4.69, 9.17) is 8.83 Å². The molecular formula is C20H28N2O3S2. The zero-order valence-electron chi connectivity index (χ0n) is 16.3. The number of carbonyl (C=O) groups is 1. The number of carbonyl (C=O) groups excluding carboxylic acids is 1. The lowest BCUT2D eigenvalue weighted by molar-refractivity contribution is -0.132. The molecule has 5 nitrogen and oxygen atoms in total. The van der Waals surface area contributed by atoms with Crippen molar-refractivity contribution in [1.82, 2.24) is 9.80 Å². The molecule has 3 heterocycles. The van der Waals surface area contributed by atoms with Gasteiger partial charge in [0.15, 0.2) is 0 Å². The van der Waals surface area contributed by atoms with E-state index in [1.807, 2.05) is 43.3 Å². The zero-order valence-corrected chi connectivity index (χ0v) is 17.9. The van der Waals surface area contributed by atoms with Gasteiger partial charge in [-0.15, -0.1) is 11.8 Å². The lowest BCUT2D eigenvalue weighted by Gasteiger charge is -2.33. The van der Waals surface area contributed by atoms with Crippen LogP contribution < -0.4 is 0 Å². The molecule has 1 aliphatic rings. The second-order valence-corrected chi connectivity index (χ2v) is 9.17. The van der Waals surface area contributed by atoms with Gasteiger partial charge in [0.1, 0.15) is 28.4 Å². The highest BCUT2D eigenvalue weighted by molar-refractivity contribution is 7.99. The average molecular weight is 409 g/mol. The van der Waals surface area contributed by atoms with Gasteiger partial charge in [-0.05, 0) is 38.4 Å². The first-order chi connectivity index (χ1) is 13.1. The van der Waals surface area contributed by atoms with Gasteiger partial charge in [-0.3, -0.25) is 4.79 Å². The van der Waals surface area contributed by atoms with Crippen molar-refractivity contribution in [3.8, 4) is 0 Å². The highest BCUT2D eigenvalue weighted by Crippen LogP contribution is 2.38. The van der Waals surface area contributed by atoms with Gasteiger partial charge in [0.25, 0.3) is 0 Å². The van der Waals surface area contributed by atoms with Crippen molar-refractivity contribution in [3.63, 3.8) is 0 Å². The number of furan rings is 2. The van der Waals surface area contributed by atoms with Crippen molar-refractivity contribution in [2.24, 2.45) is 0 Å². The van der Waals surface area contributed by atoms with Crippen LogP contribution >= 0.6 is 23.5 Å². The SMILES string of the molecule is CCc1ccc(C2SCCC(=O)N2CCSCc2ccc(CN(C)C)o2)o1. The average Bonchev–Trinajstić information content (AvgIpc) is 3.28. The van der Waals surface area contributed by atoms with E-state index in [-0.39, 0.29) is 11.3 Å². The number of nitrogens with zero attached hydrogens (tertiary/aromatic N) is 2. The van der Waals surface area contributed by atoms with Crippen LogP contribution in [0, 0.1) is 0 Å². The van der Waals surface area contributed by atoms with Crippen molar-refractivity contribution >= 4 is 29.4 Å². The fourth-order valence-corrected chi connectivity index (χ4v) is 5.09. The van der Waals surface area contributed by atoms with Crippen LogP contribution in [0.4, 0.5) is 0 Å². The molecule has 7 heteroatoms. The summed E-state index contributed by atoms with van der Waals surface area (Å²) < 4.78 is 11.8. The van der Waals surface area contributed by atoms with Gasteiger partial charge in [0.2, 0.25) is 5.91 Å². The molecule has 0 bridgehead atoms. The van der Waals surface area contributed by atoms with E-state index in [2.05, 4.69) is 11.8 Å². The molecule has 2 aromatic heterocycles. The quantitative estimate of drug-likeness (QED) is 0.574. The van der Waals surface area contributed by atoms with Gasteiger partial charge in [-0.1, -0.05) is 6.92 Å². The Morgan fingerprint density at radius 3 is 2.70 bits per heavy atom. The van der Waals surface area contributed by atoms with Gasteiger partial charge in [0, 0.05) is 30.9 Å². The Hall–Kier alpha value is -1.31. The van der Waals surface area contributed by atoms with Crippen molar-refractivity contribution in [1.29, 1.82) is 0 Å². The van der Waals surface area contributed by atoms with E-state index in [9.17, 15) is 4.79 Å². The number of hydrogen-bond donors (Lipinski definition) is 0. The van der Waals surface area contributed by atoms with Crippen LogP contribution in [0.1, 0.15) is 41.8 Å². The topological polar surface area (TPSA) is 49.8 Å². The highest BCUT2D eigenvalue weighted by Gasteiger charge is 2.31. The normalized spacial score (nSPS) is 17.9. The lowest BCUT2D eigenvalue weighted by atomic mass is 10.3. The summed E-state index contributed by atoms with van der Waals surface area (Å²) in [6.07, 6.45) is 1.49. The van der Waals surface area contributed by atoms with Gasteiger partial charge >= 0.3 is 0 Å². The number of thioether (sulfide) groups is 2. The van der Waals surface area contributed by atoms with Crippen LogP contribution in [0.2, 0.25) is 0 Å². The molecule has 1 atom stereocenters. The molecule has 0 aromatic carbocycles. The van der Waals surface area contributed by atoms with Gasteiger partial charge in [0.05, 0.1) is 12.3 Å². The molecule has 0 N–H and O–H groups in total. The molecule has 1 unspecified atom stereocenters. The van der Waals surface area contributed by atoms with E-state index in [0.29, 0.717) is 6.42 Å². The fraction of sp³-hybridized carbons (Fsp3) is 0.550. The molecule has 148 valence electrons. The van der Waals surface area contributed by atoms with E-state index in [0.717, 1.165) is 59.8 Å². The van der Waals surface area contributed by atoms with E-state index >= 15 is 0 Å². The third kappa shape index (κ3) is 5.59. The number of rotatable bonds is 9. The predicted molar refractivity (Wildman–Crippen MR) is 112 cm³/mol. The predicted octanol–water partition coefficient (Wildman–Crippen LogP) is 4.39. The standard InChI is InChI=1S/C20H28N2O3S2/c1-4-15-7-8-18(25-15)20-22(19(23)9-11-27-20)10-12-26-14-17-6-5-16(24-17)13-21(2)3/h5-8,20H,4,9-14H2,1-3H3. The van der Waals surface area contributed by atoms with Crippen LogP contribution in [0.5, 0.6) is 0 Å².